The molecule has 0 atom stereocenters. The Balaban J connectivity index is 1.58. The van der Waals surface area contributed by atoms with Crippen LogP contribution in [0, 0.1) is 6.92 Å². The van der Waals surface area contributed by atoms with Gasteiger partial charge in [0, 0.05) is 11.6 Å². The molecule has 0 bridgehead atoms. The second-order valence-electron chi connectivity index (χ2n) is 8.78. The molecule has 0 aliphatic rings. The van der Waals surface area contributed by atoms with Gasteiger partial charge in [0.2, 0.25) is 11.2 Å². The third kappa shape index (κ3) is 4.77. The van der Waals surface area contributed by atoms with E-state index in [0.29, 0.717) is 28.2 Å². The number of rotatable bonds is 6. The Kier molecular flexibility index (Phi) is 5.72. The number of benzene rings is 2. The molecule has 0 fully saturated rings. The maximum Gasteiger partial charge on any atom is 0.235 e. The molecular weight excluding hydrogens is 424 g/mol. The minimum atomic E-state index is -1.40. The molecule has 0 radical (unpaired) electrons. The monoisotopic (exact) mass is 447 g/mol. The normalized spacial score (nSPS) is 11.5. The minimum absolute atomic E-state index is 0.00710. The van der Waals surface area contributed by atoms with Crippen molar-refractivity contribution in [3.8, 4) is 17.2 Å². The topological polar surface area (TPSA) is 102 Å². The standard InChI is InChI=1S/C26H24O7/c1-15-5-9-19(26(2,3)4)22(11-15)33-23-14-31-21-12-16(6-8-18(21)24(23)27)30-13-17-7-10-20(32-17)25(28)29/h5-12,14H,13H2,1-4H3,(H,28,29)/p-1. The lowest BCUT2D eigenvalue weighted by Gasteiger charge is -2.23. The van der Waals surface area contributed by atoms with Crippen LogP contribution in [0.4, 0.5) is 0 Å². The Morgan fingerprint density at radius 2 is 1.82 bits per heavy atom. The number of hydrogen-bond acceptors (Lipinski definition) is 7. The van der Waals surface area contributed by atoms with Gasteiger partial charge in [0.15, 0.2) is 0 Å². The zero-order valence-corrected chi connectivity index (χ0v) is 18.8. The maximum absolute atomic E-state index is 13.0. The Morgan fingerprint density at radius 3 is 2.52 bits per heavy atom. The molecule has 0 saturated carbocycles. The van der Waals surface area contributed by atoms with Gasteiger partial charge in [-0.15, -0.1) is 0 Å². The molecule has 0 saturated heterocycles. The second-order valence-corrected chi connectivity index (χ2v) is 8.78. The Labute approximate surface area is 190 Å². The molecule has 0 spiro atoms. The summed E-state index contributed by atoms with van der Waals surface area (Å²) in [5, 5.41) is 11.1. The first-order chi connectivity index (χ1) is 15.6. The van der Waals surface area contributed by atoms with E-state index in [-0.39, 0.29) is 29.0 Å². The molecule has 33 heavy (non-hydrogen) atoms. The minimum Gasteiger partial charge on any atom is -0.542 e. The van der Waals surface area contributed by atoms with Gasteiger partial charge in [-0.05, 0) is 48.2 Å². The Hall–Kier alpha value is -4.00. The molecule has 4 rings (SSSR count). The van der Waals surface area contributed by atoms with Crippen LogP contribution in [-0.4, -0.2) is 5.97 Å². The summed E-state index contributed by atoms with van der Waals surface area (Å²) < 4.78 is 22.4. The molecular formula is C26H23O7-. The SMILES string of the molecule is Cc1ccc(C(C)(C)C)c(Oc2coc3cc(OCc4ccc(C(=O)[O-])o4)ccc3c2=O)c1. The van der Waals surface area contributed by atoms with Gasteiger partial charge in [-0.25, -0.2) is 0 Å². The highest BCUT2D eigenvalue weighted by Gasteiger charge is 2.21. The molecule has 170 valence electrons. The number of ether oxygens (including phenoxy) is 2. The molecule has 2 aromatic carbocycles. The lowest BCUT2D eigenvalue weighted by Crippen LogP contribution is -2.21. The van der Waals surface area contributed by atoms with Crippen molar-refractivity contribution in [2.75, 3.05) is 0 Å². The average Bonchev–Trinajstić information content (AvgIpc) is 3.23. The number of carboxylic acids is 1. The average molecular weight is 447 g/mol. The van der Waals surface area contributed by atoms with E-state index < -0.39 is 5.97 Å². The summed E-state index contributed by atoms with van der Waals surface area (Å²) >= 11 is 0. The number of aryl methyl sites for hydroxylation is 1. The van der Waals surface area contributed by atoms with Crippen molar-refractivity contribution in [2.24, 2.45) is 0 Å². The second kappa shape index (κ2) is 8.50. The van der Waals surface area contributed by atoms with Crippen LogP contribution in [0.15, 0.2) is 68.4 Å². The quantitative estimate of drug-likeness (QED) is 0.421. The first kappa shape index (κ1) is 22.2. The molecule has 0 aliphatic heterocycles. The smallest absolute Gasteiger partial charge is 0.235 e. The summed E-state index contributed by atoms with van der Waals surface area (Å²) in [5.74, 6) is -0.200. The lowest BCUT2D eigenvalue weighted by molar-refractivity contribution is -0.257. The summed E-state index contributed by atoms with van der Waals surface area (Å²) in [6.45, 7) is 8.21. The van der Waals surface area contributed by atoms with E-state index >= 15 is 0 Å². The molecule has 7 nitrogen and oxygen atoms in total. The Bertz CT molecular complexity index is 1390. The van der Waals surface area contributed by atoms with Crippen molar-refractivity contribution in [1.29, 1.82) is 0 Å². The molecule has 0 N–H and O–H groups in total. The molecule has 0 aliphatic carbocycles. The first-order valence-corrected chi connectivity index (χ1v) is 10.4. The van der Waals surface area contributed by atoms with Crippen LogP contribution in [0.25, 0.3) is 11.0 Å². The number of fused-ring (bicyclic) bond motifs is 1. The Morgan fingerprint density at radius 1 is 1.03 bits per heavy atom. The molecule has 2 heterocycles. The van der Waals surface area contributed by atoms with Gasteiger partial charge >= 0.3 is 0 Å². The van der Waals surface area contributed by atoms with E-state index in [2.05, 4.69) is 20.8 Å². The lowest BCUT2D eigenvalue weighted by atomic mass is 9.86. The molecule has 2 aromatic heterocycles. The van der Waals surface area contributed by atoms with Crippen LogP contribution in [0.1, 0.15) is 48.2 Å². The van der Waals surface area contributed by atoms with Gasteiger partial charge in [-0.2, -0.15) is 0 Å². The number of carbonyl (C=O) groups is 1. The van der Waals surface area contributed by atoms with E-state index in [1.807, 2.05) is 25.1 Å². The van der Waals surface area contributed by atoms with Gasteiger partial charge in [0.1, 0.15) is 47.4 Å². The van der Waals surface area contributed by atoms with Crippen LogP contribution in [0.2, 0.25) is 0 Å². The van der Waals surface area contributed by atoms with Gasteiger partial charge in [0.05, 0.1) is 5.39 Å². The fourth-order valence-corrected chi connectivity index (χ4v) is 3.42. The van der Waals surface area contributed by atoms with Crippen molar-refractivity contribution in [1.82, 2.24) is 0 Å². The third-order valence-electron chi connectivity index (χ3n) is 5.12. The number of carbonyl (C=O) groups excluding carboxylic acids is 1. The largest absolute Gasteiger partial charge is 0.542 e. The highest BCUT2D eigenvalue weighted by molar-refractivity contribution is 5.82. The van der Waals surface area contributed by atoms with Crippen LogP contribution in [0.3, 0.4) is 0 Å². The predicted octanol–water partition coefficient (Wildman–Crippen LogP) is 4.73. The van der Waals surface area contributed by atoms with Crippen molar-refractivity contribution >= 4 is 16.9 Å². The van der Waals surface area contributed by atoms with Crippen molar-refractivity contribution in [2.45, 2.75) is 39.7 Å². The highest BCUT2D eigenvalue weighted by Crippen LogP contribution is 2.34. The highest BCUT2D eigenvalue weighted by atomic mass is 16.5. The van der Waals surface area contributed by atoms with E-state index in [1.54, 1.807) is 18.2 Å². The number of furan rings is 1. The first-order valence-electron chi connectivity index (χ1n) is 10.4. The van der Waals surface area contributed by atoms with E-state index in [1.165, 1.54) is 18.4 Å². The molecule has 0 unspecified atom stereocenters. The number of carboxylic acid groups (broad SMARTS) is 1. The van der Waals surface area contributed by atoms with Crippen LogP contribution < -0.4 is 20.0 Å². The van der Waals surface area contributed by atoms with Crippen molar-refractivity contribution < 1.29 is 28.2 Å². The van der Waals surface area contributed by atoms with Gasteiger partial charge in [-0.1, -0.05) is 32.9 Å². The fourth-order valence-electron chi connectivity index (χ4n) is 3.42. The molecule has 0 amide bonds. The number of aromatic carboxylic acids is 1. The zero-order valence-electron chi connectivity index (χ0n) is 18.8. The maximum atomic E-state index is 13.0. The molecule has 7 heteroatoms. The van der Waals surface area contributed by atoms with Crippen LogP contribution >= 0.6 is 0 Å². The van der Waals surface area contributed by atoms with E-state index in [0.717, 1.165) is 11.1 Å². The van der Waals surface area contributed by atoms with E-state index in [4.69, 9.17) is 18.3 Å². The van der Waals surface area contributed by atoms with Gasteiger partial charge in [0.25, 0.3) is 0 Å². The summed E-state index contributed by atoms with van der Waals surface area (Å²) in [6.07, 6.45) is 1.29. The van der Waals surface area contributed by atoms with E-state index in [9.17, 15) is 14.7 Å². The molecule has 4 aromatic rings. The van der Waals surface area contributed by atoms with Crippen LogP contribution in [0.5, 0.6) is 17.2 Å². The van der Waals surface area contributed by atoms with Gasteiger partial charge in [-0.3, -0.25) is 4.79 Å². The summed E-state index contributed by atoms with van der Waals surface area (Å²) in [7, 11) is 0. The summed E-state index contributed by atoms with van der Waals surface area (Å²) in [6, 6.07) is 13.5. The fraction of sp³-hybridized carbons (Fsp3) is 0.231. The summed E-state index contributed by atoms with van der Waals surface area (Å²) in [5.41, 5.74) is 1.88. The van der Waals surface area contributed by atoms with Crippen molar-refractivity contribution in [3.63, 3.8) is 0 Å². The van der Waals surface area contributed by atoms with Crippen LogP contribution in [-0.2, 0) is 12.0 Å². The third-order valence-corrected chi connectivity index (χ3v) is 5.12. The number of hydrogen-bond donors (Lipinski definition) is 0. The summed E-state index contributed by atoms with van der Waals surface area (Å²) in [4.78, 5) is 23.8. The van der Waals surface area contributed by atoms with Crippen molar-refractivity contribution in [3.05, 3.63) is 87.7 Å². The zero-order chi connectivity index (χ0) is 23.8. The van der Waals surface area contributed by atoms with Gasteiger partial charge < -0.3 is 28.2 Å². The predicted molar refractivity (Wildman–Crippen MR) is 120 cm³/mol.